The minimum atomic E-state index is 0. The molecular formula is C8H23O3Zr-. The Morgan fingerprint density at radius 3 is 0.750 bits per heavy atom. The summed E-state index contributed by atoms with van der Waals surface area (Å²) < 4.78 is 0. The molecule has 0 aromatic carbocycles. The Bertz CT molecular complexity index is 19.0. The summed E-state index contributed by atoms with van der Waals surface area (Å²) in [6, 6.07) is 0. The molecule has 0 heterocycles. The van der Waals surface area contributed by atoms with Gasteiger partial charge in [-0.15, -0.1) is 0 Å². The molecule has 0 saturated carbocycles. The average Bonchev–Trinajstić information content (AvgIpc) is 1.96. The molecule has 0 aliphatic heterocycles. The zero-order valence-corrected chi connectivity index (χ0v) is 11.1. The normalized spacial score (nSPS) is 5.00. The van der Waals surface area contributed by atoms with Crippen molar-refractivity contribution in [2.75, 3.05) is 19.8 Å². The molecule has 0 amide bonds. The minimum Gasteiger partial charge on any atom is -0.397 e. The van der Waals surface area contributed by atoms with Crippen molar-refractivity contribution in [3.05, 3.63) is 6.92 Å². The van der Waals surface area contributed by atoms with E-state index in [9.17, 15) is 0 Å². The van der Waals surface area contributed by atoms with Crippen molar-refractivity contribution in [3.63, 3.8) is 0 Å². The summed E-state index contributed by atoms with van der Waals surface area (Å²) in [6.07, 6.45) is 0. The first-order valence-corrected chi connectivity index (χ1v) is 3.78. The number of aliphatic hydroxyl groups excluding tert-OH is 3. The van der Waals surface area contributed by atoms with Crippen LogP contribution in [0.5, 0.6) is 0 Å². The molecule has 0 radical (unpaired) electrons. The van der Waals surface area contributed by atoms with Crippen molar-refractivity contribution < 1.29 is 41.5 Å². The Hall–Kier alpha value is 0.763. The third-order valence-corrected chi connectivity index (χ3v) is 0. The van der Waals surface area contributed by atoms with Crippen LogP contribution < -0.4 is 0 Å². The van der Waals surface area contributed by atoms with Gasteiger partial charge in [0.25, 0.3) is 0 Å². The fraction of sp³-hybridized carbons (Fsp3) is 0.875. The van der Waals surface area contributed by atoms with E-state index in [0.717, 1.165) is 0 Å². The van der Waals surface area contributed by atoms with Crippen molar-refractivity contribution >= 4 is 0 Å². The Labute approximate surface area is 95.9 Å². The summed E-state index contributed by atoms with van der Waals surface area (Å²) in [5.41, 5.74) is 0. The molecule has 0 rings (SSSR count). The standard InChI is InChI=1S/3C2H6O.C2H5.Zr/c3*1-2-3;1-2;/h3*3H,2H2,1H3;1H2,2H3;/q;;;-1;. The van der Waals surface area contributed by atoms with Crippen LogP contribution in [0.2, 0.25) is 0 Å². The zero-order valence-electron chi connectivity index (χ0n) is 8.67. The molecule has 4 heteroatoms. The molecule has 0 fully saturated rings. The maximum absolute atomic E-state index is 7.57. The van der Waals surface area contributed by atoms with Gasteiger partial charge in [0, 0.05) is 46.0 Å². The van der Waals surface area contributed by atoms with Gasteiger partial charge in [0.15, 0.2) is 0 Å². The fourth-order valence-electron chi connectivity index (χ4n) is 0. The van der Waals surface area contributed by atoms with Gasteiger partial charge in [-0.3, -0.25) is 0 Å². The van der Waals surface area contributed by atoms with Crippen LogP contribution in [-0.2, 0) is 26.2 Å². The van der Waals surface area contributed by atoms with Gasteiger partial charge in [-0.2, -0.15) is 6.92 Å². The van der Waals surface area contributed by atoms with E-state index in [1.807, 2.05) is 0 Å². The SMILES string of the molecule is CCO.CCO.CCO.[CH2-]C.[Zr]. The van der Waals surface area contributed by atoms with Gasteiger partial charge in [0.05, 0.1) is 0 Å². The van der Waals surface area contributed by atoms with Crippen LogP contribution in [0.4, 0.5) is 0 Å². The van der Waals surface area contributed by atoms with Crippen LogP contribution >= 0.6 is 0 Å². The number of aliphatic hydroxyl groups is 3. The maximum atomic E-state index is 7.57. The van der Waals surface area contributed by atoms with Crippen LogP contribution in [0.25, 0.3) is 0 Å². The Kier molecular flexibility index (Phi) is 235. The largest absolute Gasteiger partial charge is 0.397 e. The van der Waals surface area contributed by atoms with Crippen molar-refractivity contribution in [3.8, 4) is 0 Å². The second kappa shape index (κ2) is 96.2. The van der Waals surface area contributed by atoms with E-state index in [1.165, 1.54) is 0 Å². The number of rotatable bonds is 0. The van der Waals surface area contributed by atoms with Crippen LogP contribution in [-0.4, -0.2) is 35.1 Å². The van der Waals surface area contributed by atoms with E-state index < -0.39 is 0 Å². The topological polar surface area (TPSA) is 60.7 Å². The molecular weight excluding hydrogens is 235 g/mol. The maximum Gasteiger partial charge on any atom is 0.0402 e. The van der Waals surface area contributed by atoms with Gasteiger partial charge in [0.2, 0.25) is 0 Å². The van der Waals surface area contributed by atoms with Crippen molar-refractivity contribution in [2.45, 2.75) is 27.7 Å². The van der Waals surface area contributed by atoms with E-state index in [4.69, 9.17) is 15.3 Å². The van der Waals surface area contributed by atoms with Gasteiger partial charge >= 0.3 is 0 Å². The van der Waals surface area contributed by atoms with Crippen molar-refractivity contribution in [1.82, 2.24) is 0 Å². The number of hydrogen-bond donors (Lipinski definition) is 3. The van der Waals surface area contributed by atoms with Crippen LogP contribution in [0, 0.1) is 6.92 Å². The van der Waals surface area contributed by atoms with Gasteiger partial charge in [-0.05, 0) is 20.8 Å². The quantitative estimate of drug-likeness (QED) is 0.564. The summed E-state index contributed by atoms with van der Waals surface area (Å²) in [4.78, 5) is 0. The van der Waals surface area contributed by atoms with Crippen LogP contribution in [0.1, 0.15) is 27.7 Å². The van der Waals surface area contributed by atoms with Crippen LogP contribution in [0.15, 0.2) is 0 Å². The van der Waals surface area contributed by atoms with E-state index in [0.29, 0.717) is 0 Å². The van der Waals surface area contributed by atoms with Crippen molar-refractivity contribution in [2.24, 2.45) is 0 Å². The molecule has 0 aliphatic rings. The second-order valence-electron chi connectivity index (χ2n) is 0.949. The zero-order chi connectivity index (χ0) is 10.1. The molecule has 0 spiro atoms. The molecule has 0 atom stereocenters. The van der Waals surface area contributed by atoms with E-state index in [-0.39, 0.29) is 46.0 Å². The molecule has 0 aromatic rings. The fourth-order valence-corrected chi connectivity index (χ4v) is 0. The number of hydrogen-bond acceptors (Lipinski definition) is 3. The third kappa shape index (κ3) is 1760. The summed E-state index contributed by atoms with van der Waals surface area (Å²) >= 11 is 0. The Morgan fingerprint density at radius 2 is 0.750 bits per heavy atom. The first-order valence-electron chi connectivity index (χ1n) is 3.78. The minimum absolute atomic E-state index is 0. The van der Waals surface area contributed by atoms with E-state index in [2.05, 4.69) is 6.92 Å². The third-order valence-electron chi connectivity index (χ3n) is 0. The summed E-state index contributed by atoms with van der Waals surface area (Å²) in [5, 5.41) is 22.7. The molecule has 3 nitrogen and oxygen atoms in total. The summed E-state index contributed by atoms with van der Waals surface area (Å²) in [7, 11) is 0. The first kappa shape index (κ1) is 29.3. The molecule has 78 valence electrons. The van der Waals surface area contributed by atoms with Crippen molar-refractivity contribution in [1.29, 1.82) is 0 Å². The average molecular weight is 258 g/mol. The second-order valence-corrected chi connectivity index (χ2v) is 0.949. The molecule has 0 aliphatic carbocycles. The van der Waals surface area contributed by atoms with Gasteiger partial charge < -0.3 is 22.2 Å². The van der Waals surface area contributed by atoms with E-state index >= 15 is 0 Å². The molecule has 12 heavy (non-hydrogen) atoms. The smallest absolute Gasteiger partial charge is 0.0402 e. The Balaban J connectivity index is -0.0000000179. The van der Waals surface area contributed by atoms with E-state index in [1.54, 1.807) is 27.7 Å². The molecule has 0 unspecified atom stereocenters. The summed E-state index contributed by atoms with van der Waals surface area (Å²) in [5.74, 6) is 0. The van der Waals surface area contributed by atoms with Gasteiger partial charge in [0.1, 0.15) is 0 Å². The van der Waals surface area contributed by atoms with Crippen LogP contribution in [0.3, 0.4) is 0 Å². The summed E-state index contributed by atoms with van der Waals surface area (Å²) in [6.45, 7) is 10.8. The molecule has 0 aromatic heterocycles. The predicted molar refractivity (Wildman–Crippen MR) is 49.3 cm³/mol. The Morgan fingerprint density at radius 1 is 0.750 bits per heavy atom. The first-order chi connectivity index (χ1) is 5.24. The predicted octanol–water partition coefficient (Wildman–Crippen LogP) is 0.834. The monoisotopic (exact) mass is 257 g/mol. The molecule has 3 N–H and O–H groups in total. The van der Waals surface area contributed by atoms with Gasteiger partial charge in [-0.1, -0.05) is 0 Å². The van der Waals surface area contributed by atoms with Gasteiger partial charge in [-0.25, -0.2) is 0 Å². The molecule has 0 saturated heterocycles. The molecule has 0 bridgehead atoms.